The Kier molecular flexibility index (Phi) is 7.55. The van der Waals surface area contributed by atoms with E-state index < -0.39 is 29.6 Å². The SMILES string of the molecule is O=C(Nc1ccc(C(F)(F)F)nc1)N1CCC(Cc2cccc(Oc3ccc(C(F)(F)F)cn3)c2)CC1. The third kappa shape index (κ3) is 7.11. The lowest BCUT2D eigenvalue weighted by Crippen LogP contribution is -2.41. The summed E-state index contributed by atoms with van der Waals surface area (Å²) in [6.45, 7) is 0.965. The summed E-state index contributed by atoms with van der Waals surface area (Å²) in [6, 6.07) is 10.8. The quantitative estimate of drug-likeness (QED) is 0.373. The highest BCUT2D eigenvalue weighted by atomic mass is 19.4. The molecule has 0 spiro atoms. The van der Waals surface area contributed by atoms with Gasteiger partial charge in [-0.2, -0.15) is 26.3 Å². The molecule has 3 aromatic rings. The number of likely N-dealkylation sites (tertiary alicyclic amines) is 1. The van der Waals surface area contributed by atoms with Gasteiger partial charge >= 0.3 is 18.4 Å². The van der Waals surface area contributed by atoms with Gasteiger partial charge in [-0.15, -0.1) is 0 Å². The molecule has 0 bridgehead atoms. The van der Waals surface area contributed by atoms with Crippen LogP contribution in [0.2, 0.25) is 0 Å². The number of amides is 2. The van der Waals surface area contributed by atoms with E-state index in [0.717, 1.165) is 61.5 Å². The Morgan fingerprint density at radius 1 is 0.946 bits per heavy atom. The molecule has 0 atom stereocenters. The molecule has 1 aromatic carbocycles. The topological polar surface area (TPSA) is 67.4 Å². The van der Waals surface area contributed by atoms with E-state index >= 15 is 0 Å². The molecule has 1 aliphatic heterocycles. The Labute approximate surface area is 208 Å². The van der Waals surface area contributed by atoms with Gasteiger partial charge in [-0.25, -0.2) is 14.8 Å². The van der Waals surface area contributed by atoms with Crippen LogP contribution < -0.4 is 10.1 Å². The average molecular weight is 524 g/mol. The van der Waals surface area contributed by atoms with E-state index in [0.29, 0.717) is 18.8 Å². The predicted molar refractivity (Wildman–Crippen MR) is 122 cm³/mol. The van der Waals surface area contributed by atoms with Gasteiger partial charge in [0.1, 0.15) is 11.4 Å². The molecular formula is C25H22F6N4O2. The fourth-order valence-electron chi connectivity index (χ4n) is 3.98. The first-order valence-electron chi connectivity index (χ1n) is 11.4. The van der Waals surface area contributed by atoms with Crippen molar-refractivity contribution in [2.24, 2.45) is 5.92 Å². The number of benzene rings is 1. The van der Waals surface area contributed by atoms with E-state index in [2.05, 4.69) is 15.3 Å². The zero-order valence-electron chi connectivity index (χ0n) is 19.3. The maximum atomic E-state index is 12.7. The third-order valence-corrected chi connectivity index (χ3v) is 5.92. The van der Waals surface area contributed by atoms with Crippen molar-refractivity contribution < 1.29 is 35.9 Å². The molecule has 2 aromatic heterocycles. The van der Waals surface area contributed by atoms with Crippen molar-refractivity contribution in [1.29, 1.82) is 0 Å². The van der Waals surface area contributed by atoms with Gasteiger partial charge in [0.15, 0.2) is 0 Å². The van der Waals surface area contributed by atoms with Crippen molar-refractivity contribution in [1.82, 2.24) is 14.9 Å². The van der Waals surface area contributed by atoms with Crippen molar-refractivity contribution in [2.45, 2.75) is 31.6 Å². The number of hydrogen-bond acceptors (Lipinski definition) is 4. The monoisotopic (exact) mass is 524 g/mol. The van der Waals surface area contributed by atoms with Gasteiger partial charge in [0, 0.05) is 25.4 Å². The van der Waals surface area contributed by atoms with Gasteiger partial charge in [0.25, 0.3) is 0 Å². The molecule has 0 aliphatic carbocycles. The summed E-state index contributed by atoms with van der Waals surface area (Å²) in [4.78, 5) is 21.1. The Morgan fingerprint density at radius 3 is 2.30 bits per heavy atom. The van der Waals surface area contributed by atoms with Crippen LogP contribution in [0.1, 0.15) is 29.7 Å². The Morgan fingerprint density at radius 2 is 1.70 bits per heavy atom. The van der Waals surface area contributed by atoms with Gasteiger partial charge < -0.3 is 15.0 Å². The summed E-state index contributed by atoms with van der Waals surface area (Å²) in [6.07, 6.45) is -5.15. The molecule has 12 heteroatoms. The number of urea groups is 1. The zero-order valence-corrected chi connectivity index (χ0v) is 19.3. The number of ether oxygens (including phenoxy) is 1. The highest BCUT2D eigenvalue weighted by molar-refractivity contribution is 5.89. The van der Waals surface area contributed by atoms with Gasteiger partial charge in [-0.3, -0.25) is 0 Å². The summed E-state index contributed by atoms with van der Waals surface area (Å²) in [5.74, 6) is 0.788. The fourth-order valence-corrected chi connectivity index (χ4v) is 3.98. The zero-order chi connectivity index (χ0) is 26.6. The van der Waals surface area contributed by atoms with Crippen LogP contribution in [0.25, 0.3) is 0 Å². The molecule has 4 rings (SSSR count). The minimum atomic E-state index is -4.55. The first-order valence-corrected chi connectivity index (χ1v) is 11.4. The van der Waals surface area contributed by atoms with E-state index in [-0.39, 0.29) is 17.5 Å². The predicted octanol–water partition coefficient (Wildman–Crippen LogP) is 6.79. The fraction of sp³-hybridized carbons (Fsp3) is 0.320. The minimum Gasteiger partial charge on any atom is -0.439 e. The molecule has 3 heterocycles. The Balaban J connectivity index is 1.27. The summed E-state index contributed by atoms with van der Waals surface area (Å²) in [5, 5.41) is 2.57. The number of alkyl halides is 6. The molecule has 0 unspecified atom stereocenters. The Hall–Kier alpha value is -3.83. The maximum Gasteiger partial charge on any atom is 0.433 e. The van der Waals surface area contributed by atoms with Gasteiger partial charge in [-0.1, -0.05) is 12.1 Å². The average Bonchev–Trinajstić information content (AvgIpc) is 2.84. The number of anilines is 1. The Bertz CT molecular complexity index is 1210. The molecule has 196 valence electrons. The second-order valence-corrected chi connectivity index (χ2v) is 8.63. The smallest absolute Gasteiger partial charge is 0.433 e. The highest BCUT2D eigenvalue weighted by Gasteiger charge is 2.32. The second kappa shape index (κ2) is 10.7. The van der Waals surface area contributed by atoms with E-state index in [1.165, 1.54) is 0 Å². The number of aromatic nitrogens is 2. The molecule has 37 heavy (non-hydrogen) atoms. The second-order valence-electron chi connectivity index (χ2n) is 8.63. The first kappa shape index (κ1) is 26.2. The molecule has 2 amide bonds. The van der Waals surface area contributed by atoms with Crippen LogP contribution in [0.3, 0.4) is 0 Å². The molecule has 6 nitrogen and oxygen atoms in total. The molecule has 1 fully saturated rings. The minimum absolute atomic E-state index is 0.0488. The van der Waals surface area contributed by atoms with E-state index in [1.807, 2.05) is 6.07 Å². The standard InChI is InChI=1S/C25H22F6N4O2/c26-24(27,28)18-4-7-22(33-14-18)37-20-3-1-2-17(13-20)12-16-8-10-35(11-9-16)23(36)34-19-5-6-21(32-15-19)25(29,30)31/h1-7,13-16H,8-12H2,(H,34,36). The number of hydrogen-bond donors (Lipinski definition) is 1. The van der Waals surface area contributed by atoms with Crippen LogP contribution in [0.5, 0.6) is 11.6 Å². The number of nitrogens with one attached hydrogen (secondary N) is 1. The molecule has 1 N–H and O–H groups in total. The van der Waals surface area contributed by atoms with Crippen molar-refractivity contribution >= 4 is 11.7 Å². The highest BCUT2D eigenvalue weighted by Crippen LogP contribution is 2.31. The van der Waals surface area contributed by atoms with Crippen molar-refractivity contribution in [3.8, 4) is 11.6 Å². The van der Waals surface area contributed by atoms with Crippen LogP contribution >= 0.6 is 0 Å². The van der Waals surface area contributed by atoms with Crippen LogP contribution in [0, 0.1) is 5.92 Å². The number of rotatable bonds is 5. The van der Waals surface area contributed by atoms with E-state index in [4.69, 9.17) is 4.74 Å². The first-order chi connectivity index (χ1) is 17.5. The lowest BCUT2D eigenvalue weighted by atomic mass is 9.90. The lowest BCUT2D eigenvalue weighted by molar-refractivity contribution is -0.141. The molecule has 1 aliphatic rings. The number of halogens is 6. The number of nitrogens with zero attached hydrogens (tertiary/aromatic N) is 3. The van der Waals surface area contributed by atoms with Crippen LogP contribution in [0.15, 0.2) is 60.9 Å². The number of piperidine rings is 1. The largest absolute Gasteiger partial charge is 0.439 e. The maximum absolute atomic E-state index is 12.7. The van der Waals surface area contributed by atoms with Crippen LogP contribution in [-0.4, -0.2) is 34.0 Å². The number of carbonyl (C=O) groups is 1. The van der Waals surface area contributed by atoms with Gasteiger partial charge in [0.2, 0.25) is 5.88 Å². The third-order valence-electron chi connectivity index (χ3n) is 5.92. The molecular weight excluding hydrogens is 502 g/mol. The van der Waals surface area contributed by atoms with Crippen LogP contribution in [0.4, 0.5) is 36.8 Å². The summed E-state index contributed by atoms with van der Waals surface area (Å²) < 4.78 is 81.6. The lowest BCUT2D eigenvalue weighted by Gasteiger charge is -2.32. The number of pyridine rings is 2. The van der Waals surface area contributed by atoms with Crippen LogP contribution in [-0.2, 0) is 18.8 Å². The van der Waals surface area contributed by atoms with E-state index in [9.17, 15) is 31.1 Å². The van der Waals surface area contributed by atoms with Crippen molar-refractivity contribution in [3.63, 3.8) is 0 Å². The molecule has 1 saturated heterocycles. The summed E-state index contributed by atoms with van der Waals surface area (Å²) >= 11 is 0. The summed E-state index contributed by atoms with van der Waals surface area (Å²) in [5.41, 5.74) is -0.733. The number of carbonyl (C=O) groups excluding carboxylic acids is 1. The summed E-state index contributed by atoms with van der Waals surface area (Å²) in [7, 11) is 0. The van der Waals surface area contributed by atoms with Gasteiger partial charge in [-0.05, 0) is 61.1 Å². The molecule has 0 saturated carbocycles. The van der Waals surface area contributed by atoms with E-state index in [1.54, 1.807) is 23.1 Å². The molecule has 0 radical (unpaired) electrons. The van der Waals surface area contributed by atoms with Crippen molar-refractivity contribution in [2.75, 3.05) is 18.4 Å². The van der Waals surface area contributed by atoms with Gasteiger partial charge in [0.05, 0.1) is 17.4 Å². The normalized spacial score (nSPS) is 14.9. The van der Waals surface area contributed by atoms with Crippen molar-refractivity contribution in [3.05, 3.63) is 77.7 Å².